The maximum absolute atomic E-state index is 12.3. The first kappa shape index (κ1) is 22.7. The van der Waals surface area contributed by atoms with Gasteiger partial charge in [0.25, 0.3) is 12.4 Å². The van der Waals surface area contributed by atoms with E-state index in [9.17, 15) is 4.79 Å². The van der Waals surface area contributed by atoms with Crippen molar-refractivity contribution in [2.75, 3.05) is 29.9 Å². The van der Waals surface area contributed by atoms with E-state index < -0.39 is 0 Å². The first-order chi connectivity index (χ1) is 16.2. The highest BCUT2D eigenvalue weighted by Gasteiger charge is 2.19. The topological polar surface area (TPSA) is 99.2 Å². The molecule has 5 rings (SSSR count). The second kappa shape index (κ2) is 10.9. The minimum Gasteiger partial charge on any atom is -0.483 e. The number of anilines is 2. The predicted molar refractivity (Wildman–Crippen MR) is 124 cm³/mol. The van der Waals surface area contributed by atoms with Crippen LogP contribution in [0.25, 0.3) is 0 Å². The fourth-order valence-corrected chi connectivity index (χ4v) is 4.42. The van der Waals surface area contributed by atoms with Crippen LogP contribution in [0.15, 0.2) is 57.8 Å². The van der Waals surface area contributed by atoms with Gasteiger partial charge in [-0.2, -0.15) is 0 Å². The van der Waals surface area contributed by atoms with Crippen LogP contribution in [0.2, 0.25) is 0 Å². The molecule has 1 amide bonds. The quantitative estimate of drug-likeness (QED) is 0.556. The van der Waals surface area contributed by atoms with Gasteiger partial charge in [-0.3, -0.25) is 14.5 Å². The van der Waals surface area contributed by atoms with Crippen molar-refractivity contribution >= 4 is 24.0 Å². The van der Waals surface area contributed by atoms with Gasteiger partial charge in [-0.15, -0.1) is 0 Å². The zero-order chi connectivity index (χ0) is 23.0. The molecule has 2 N–H and O–H groups in total. The van der Waals surface area contributed by atoms with Gasteiger partial charge < -0.3 is 24.2 Å². The summed E-state index contributed by atoms with van der Waals surface area (Å²) in [7, 11) is 0. The maximum Gasteiger partial charge on any atom is 0.290 e. The van der Waals surface area contributed by atoms with Gasteiger partial charge in [0.2, 0.25) is 0 Å². The standard InChI is InChI=1S/C24H27N3O3.CH2O2/c28-24(19-9-13-29-17-19)25-21-6-5-18-4-3-10-26(15-20(18)14-21)16-22-7-8-23(30-22)27-11-1-2-12-27;2-1-3/h5-9,13-14,17H,1-4,10-12,15-16H2,(H,25,28);1H,(H,2,3). The van der Waals surface area contributed by atoms with Crippen LogP contribution in [0.4, 0.5) is 11.6 Å². The molecule has 1 aromatic carbocycles. The highest BCUT2D eigenvalue weighted by molar-refractivity contribution is 6.04. The Labute approximate surface area is 192 Å². The smallest absolute Gasteiger partial charge is 0.290 e. The number of hydrogen-bond donors (Lipinski definition) is 2. The van der Waals surface area contributed by atoms with Gasteiger partial charge in [0.05, 0.1) is 18.4 Å². The van der Waals surface area contributed by atoms with Crippen molar-refractivity contribution in [3.05, 3.63) is 71.4 Å². The summed E-state index contributed by atoms with van der Waals surface area (Å²) >= 11 is 0. The molecular weight excluding hydrogens is 422 g/mol. The number of nitrogens with one attached hydrogen (secondary N) is 1. The number of hydrogen-bond acceptors (Lipinski definition) is 6. The van der Waals surface area contributed by atoms with Gasteiger partial charge in [-0.1, -0.05) is 6.07 Å². The largest absolute Gasteiger partial charge is 0.483 e. The van der Waals surface area contributed by atoms with Crippen LogP contribution in [0.3, 0.4) is 0 Å². The number of carbonyl (C=O) groups is 2. The van der Waals surface area contributed by atoms with Crippen molar-refractivity contribution in [1.29, 1.82) is 0 Å². The minimum absolute atomic E-state index is 0.154. The third-order valence-corrected chi connectivity index (χ3v) is 6.01. The van der Waals surface area contributed by atoms with Gasteiger partial charge >= 0.3 is 0 Å². The van der Waals surface area contributed by atoms with E-state index in [1.165, 1.54) is 36.5 Å². The van der Waals surface area contributed by atoms with Crippen LogP contribution in [0.1, 0.15) is 46.5 Å². The molecule has 1 fully saturated rings. The summed E-state index contributed by atoms with van der Waals surface area (Å²) in [6, 6.07) is 12.1. The van der Waals surface area contributed by atoms with E-state index in [-0.39, 0.29) is 12.4 Å². The average molecular weight is 452 g/mol. The third-order valence-electron chi connectivity index (χ3n) is 6.01. The van der Waals surface area contributed by atoms with E-state index in [0.717, 1.165) is 62.9 Å². The van der Waals surface area contributed by atoms with Crippen LogP contribution < -0.4 is 10.2 Å². The molecule has 0 aliphatic carbocycles. The van der Waals surface area contributed by atoms with Crippen molar-refractivity contribution in [2.45, 2.75) is 38.8 Å². The van der Waals surface area contributed by atoms with Gasteiger partial charge in [0.1, 0.15) is 12.0 Å². The SMILES string of the molecule is O=C(Nc1ccc2c(c1)CN(Cc1ccc(N3CCCC3)o1)CCC2)c1ccoc1.O=CO. The summed E-state index contributed by atoms with van der Waals surface area (Å²) in [5, 5.41) is 9.86. The van der Waals surface area contributed by atoms with Crippen LogP contribution >= 0.6 is 0 Å². The van der Waals surface area contributed by atoms with Gasteiger partial charge in [-0.25, -0.2) is 0 Å². The zero-order valence-electron chi connectivity index (χ0n) is 18.5. The van der Waals surface area contributed by atoms with Crippen LogP contribution in [0.5, 0.6) is 0 Å². The number of benzene rings is 1. The molecule has 0 radical (unpaired) electrons. The number of aryl methyl sites for hydroxylation is 1. The Hall–Kier alpha value is -3.52. The van der Waals surface area contributed by atoms with Crippen molar-refractivity contribution in [3.8, 4) is 0 Å². The van der Waals surface area contributed by atoms with E-state index in [2.05, 4.69) is 39.4 Å². The summed E-state index contributed by atoms with van der Waals surface area (Å²) in [4.78, 5) is 25.5. The van der Waals surface area contributed by atoms with E-state index in [1.54, 1.807) is 6.07 Å². The fourth-order valence-electron chi connectivity index (χ4n) is 4.42. The highest BCUT2D eigenvalue weighted by atomic mass is 16.4. The number of rotatable bonds is 5. The average Bonchev–Trinajstić information content (AvgIpc) is 3.56. The fraction of sp³-hybridized carbons (Fsp3) is 0.360. The second-order valence-corrected chi connectivity index (χ2v) is 8.30. The lowest BCUT2D eigenvalue weighted by molar-refractivity contribution is -0.122. The molecule has 4 heterocycles. The third kappa shape index (κ3) is 5.84. The van der Waals surface area contributed by atoms with Gasteiger partial charge in [0.15, 0.2) is 5.88 Å². The lowest BCUT2D eigenvalue weighted by Gasteiger charge is -2.20. The second-order valence-electron chi connectivity index (χ2n) is 8.30. The number of fused-ring (bicyclic) bond motifs is 1. The molecule has 8 nitrogen and oxygen atoms in total. The minimum atomic E-state index is -0.250. The van der Waals surface area contributed by atoms with Gasteiger partial charge in [-0.05, 0) is 67.6 Å². The molecule has 0 spiro atoms. The summed E-state index contributed by atoms with van der Waals surface area (Å²) < 4.78 is 11.1. The molecule has 0 bridgehead atoms. The van der Waals surface area contributed by atoms with Crippen LogP contribution in [-0.4, -0.2) is 42.0 Å². The molecule has 2 aromatic heterocycles. The predicted octanol–water partition coefficient (Wildman–Crippen LogP) is 4.37. The lowest BCUT2D eigenvalue weighted by atomic mass is 10.0. The molecule has 8 heteroatoms. The summed E-state index contributed by atoms with van der Waals surface area (Å²) in [6.07, 6.45) is 7.64. The van der Waals surface area contributed by atoms with E-state index in [4.69, 9.17) is 18.7 Å². The van der Waals surface area contributed by atoms with Crippen LogP contribution in [0, 0.1) is 0 Å². The number of nitrogens with zero attached hydrogens (tertiary/aromatic N) is 2. The number of carbonyl (C=O) groups excluding carboxylic acids is 1. The highest BCUT2D eigenvalue weighted by Crippen LogP contribution is 2.27. The van der Waals surface area contributed by atoms with Crippen molar-refractivity contribution in [1.82, 2.24) is 4.90 Å². The first-order valence-electron chi connectivity index (χ1n) is 11.3. The van der Waals surface area contributed by atoms with E-state index >= 15 is 0 Å². The summed E-state index contributed by atoms with van der Waals surface area (Å²) in [5.74, 6) is 1.87. The van der Waals surface area contributed by atoms with Crippen molar-refractivity contribution < 1.29 is 23.5 Å². The molecule has 0 unspecified atom stereocenters. The molecule has 174 valence electrons. The van der Waals surface area contributed by atoms with E-state index in [1.807, 2.05) is 6.07 Å². The Kier molecular flexibility index (Phi) is 7.47. The Morgan fingerprint density at radius 3 is 2.64 bits per heavy atom. The molecular formula is C25H29N3O5. The number of furan rings is 2. The Bertz CT molecular complexity index is 1050. The zero-order valence-corrected chi connectivity index (χ0v) is 18.5. The first-order valence-corrected chi connectivity index (χ1v) is 11.3. The molecule has 2 aliphatic rings. The number of amides is 1. The Morgan fingerprint density at radius 2 is 1.88 bits per heavy atom. The monoisotopic (exact) mass is 451 g/mol. The maximum atomic E-state index is 12.3. The molecule has 2 aliphatic heterocycles. The van der Waals surface area contributed by atoms with Crippen molar-refractivity contribution in [2.24, 2.45) is 0 Å². The normalized spacial score (nSPS) is 15.8. The Morgan fingerprint density at radius 1 is 1.06 bits per heavy atom. The summed E-state index contributed by atoms with van der Waals surface area (Å²) in [6.45, 7) is 4.63. The molecule has 0 saturated carbocycles. The van der Waals surface area contributed by atoms with Crippen LogP contribution in [-0.2, 0) is 24.3 Å². The van der Waals surface area contributed by atoms with Gasteiger partial charge in [0, 0.05) is 31.4 Å². The molecule has 3 aromatic rings. The van der Waals surface area contributed by atoms with E-state index in [0.29, 0.717) is 5.56 Å². The van der Waals surface area contributed by atoms with Crippen molar-refractivity contribution in [3.63, 3.8) is 0 Å². The lowest BCUT2D eigenvalue weighted by Crippen LogP contribution is -2.22. The Balaban J connectivity index is 0.000000821. The molecule has 1 saturated heterocycles. The molecule has 0 atom stereocenters. The molecule has 33 heavy (non-hydrogen) atoms. The summed E-state index contributed by atoms with van der Waals surface area (Å²) in [5.41, 5.74) is 3.97. The number of carboxylic acid groups (broad SMARTS) is 1.